The molecule has 0 saturated carbocycles. The molecular formula is C14H12N2Na2O8. The van der Waals surface area contributed by atoms with Crippen molar-refractivity contribution in [3.05, 3.63) is 56.6 Å². The largest absolute Gasteiger partial charge is 1.00 e. The molecule has 10 nitrogen and oxygen atoms in total. The number of non-ortho nitro benzene ring substituents is 2. The summed E-state index contributed by atoms with van der Waals surface area (Å²) in [6.45, 7) is 0. The van der Waals surface area contributed by atoms with Gasteiger partial charge in [-0.2, -0.15) is 0 Å². The number of ether oxygens (including phenoxy) is 2. The summed E-state index contributed by atoms with van der Waals surface area (Å²) < 4.78 is 9.29. The van der Waals surface area contributed by atoms with Crippen LogP contribution in [0.25, 0.3) is 0 Å². The molecule has 0 radical (unpaired) electrons. The normalized spacial score (nSPS) is 8.69. The van der Waals surface area contributed by atoms with E-state index in [2.05, 4.69) is 9.47 Å². The molecule has 0 aliphatic carbocycles. The Bertz CT molecular complexity index is 694. The Morgan fingerprint density at radius 1 is 0.731 bits per heavy atom. The molecule has 0 amide bonds. The summed E-state index contributed by atoms with van der Waals surface area (Å²) in [6, 6.07) is 6.86. The fourth-order valence-corrected chi connectivity index (χ4v) is 1.56. The fourth-order valence-electron chi connectivity index (χ4n) is 1.56. The standard InChI is InChI=1S/2C7H7NO4.2Na/c2*1-12-7-3-2-5(8(10)11)4-6(7)9;;/h2*2-4,9H,1H3;;/q;;2*+1/p-2. The molecule has 128 valence electrons. The van der Waals surface area contributed by atoms with Crippen LogP contribution in [0.2, 0.25) is 0 Å². The molecule has 0 aromatic heterocycles. The Labute approximate surface area is 192 Å². The summed E-state index contributed by atoms with van der Waals surface area (Å²) in [5.74, 6) is -0.736. The molecule has 0 heterocycles. The van der Waals surface area contributed by atoms with Crippen LogP contribution in [0.1, 0.15) is 0 Å². The van der Waals surface area contributed by atoms with Gasteiger partial charge in [-0.25, -0.2) is 0 Å². The van der Waals surface area contributed by atoms with Crippen LogP contribution in [0.15, 0.2) is 36.4 Å². The van der Waals surface area contributed by atoms with Crippen LogP contribution in [0.5, 0.6) is 23.0 Å². The average molecular weight is 382 g/mol. The van der Waals surface area contributed by atoms with E-state index in [4.69, 9.17) is 0 Å². The molecule has 0 spiro atoms. The molecule has 2 aromatic rings. The van der Waals surface area contributed by atoms with Gasteiger partial charge in [0.05, 0.1) is 24.1 Å². The number of benzene rings is 2. The SMILES string of the molecule is COc1ccc([N+](=O)[O-])cc1[O-].COc1ccc([N+](=O)[O-])cc1[O-].[Na+].[Na+]. The first kappa shape index (κ1) is 26.7. The van der Waals surface area contributed by atoms with Gasteiger partial charge in [0, 0.05) is 24.3 Å². The van der Waals surface area contributed by atoms with E-state index in [0.29, 0.717) is 0 Å². The summed E-state index contributed by atoms with van der Waals surface area (Å²) in [5, 5.41) is 42.2. The second-order valence-corrected chi connectivity index (χ2v) is 4.18. The molecule has 0 aliphatic heterocycles. The summed E-state index contributed by atoms with van der Waals surface area (Å²) in [7, 11) is 2.67. The van der Waals surface area contributed by atoms with Gasteiger partial charge in [0.25, 0.3) is 11.4 Å². The minimum absolute atomic E-state index is 0. The van der Waals surface area contributed by atoms with E-state index < -0.39 is 21.3 Å². The minimum Gasteiger partial charge on any atom is -0.870 e. The van der Waals surface area contributed by atoms with Crippen LogP contribution in [-0.4, -0.2) is 24.1 Å². The number of hydrogen-bond acceptors (Lipinski definition) is 8. The molecule has 0 unspecified atom stereocenters. The third kappa shape index (κ3) is 7.77. The third-order valence-electron chi connectivity index (χ3n) is 2.72. The van der Waals surface area contributed by atoms with Crippen LogP contribution in [0.4, 0.5) is 11.4 Å². The quantitative estimate of drug-likeness (QED) is 0.291. The number of nitrogens with zero attached hydrogens (tertiary/aromatic N) is 2. The van der Waals surface area contributed by atoms with Crippen LogP contribution in [0, 0.1) is 20.2 Å². The number of nitro benzene ring substituents is 2. The summed E-state index contributed by atoms with van der Waals surface area (Å²) in [4.78, 5) is 19.1. The maximum absolute atomic E-state index is 10.9. The van der Waals surface area contributed by atoms with Crippen molar-refractivity contribution in [2.75, 3.05) is 14.2 Å². The Morgan fingerprint density at radius 2 is 1.04 bits per heavy atom. The Kier molecular flexibility index (Phi) is 13.1. The van der Waals surface area contributed by atoms with E-state index in [-0.39, 0.29) is 82.0 Å². The molecule has 0 atom stereocenters. The van der Waals surface area contributed by atoms with Crippen LogP contribution in [0.3, 0.4) is 0 Å². The van der Waals surface area contributed by atoms with Crippen LogP contribution < -0.4 is 78.8 Å². The third-order valence-corrected chi connectivity index (χ3v) is 2.72. The van der Waals surface area contributed by atoms with Crippen molar-refractivity contribution < 1.29 is 88.6 Å². The van der Waals surface area contributed by atoms with E-state index in [1.807, 2.05) is 0 Å². The van der Waals surface area contributed by atoms with Crippen molar-refractivity contribution in [3.8, 4) is 23.0 Å². The van der Waals surface area contributed by atoms with E-state index in [1.54, 1.807) is 0 Å². The summed E-state index contributed by atoms with van der Waals surface area (Å²) >= 11 is 0. The molecule has 0 bridgehead atoms. The van der Waals surface area contributed by atoms with E-state index in [0.717, 1.165) is 12.1 Å². The minimum atomic E-state index is -0.624. The van der Waals surface area contributed by atoms with E-state index in [1.165, 1.54) is 38.5 Å². The topological polar surface area (TPSA) is 151 Å². The second-order valence-electron chi connectivity index (χ2n) is 4.18. The van der Waals surface area contributed by atoms with Crippen LogP contribution in [-0.2, 0) is 0 Å². The summed E-state index contributed by atoms with van der Waals surface area (Å²) in [6.07, 6.45) is 0. The van der Waals surface area contributed by atoms with Crippen molar-refractivity contribution in [3.63, 3.8) is 0 Å². The van der Waals surface area contributed by atoms with Crippen molar-refractivity contribution in [2.24, 2.45) is 0 Å². The average Bonchev–Trinajstić information content (AvgIpc) is 2.55. The Hall–Kier alpha value is -1.56. The molecule has 0 aliphatic rings. The summed E-state index contributed by atoms with van der Waals surface area (Å²) in [5.41, 5.74) is -0.443. The molecule has 2 rings (SSSR count). The van der Waals surface area contributed by atoms with Crippen molar-refractivity contribution in [2.45, 2.75) is 0 Å². The number of methoxy groups -OCH3 is 2. The molecule has 2 aromatic carbocycles. The zero-order valence-electron chi connectivity index (χ0n) is 14.6. The van der Waals surface area contributed by atoms with Crippen molar-refractivity contribution in [1.29, 1.82) is 0 Å². The molecule has 0 saturated heterocycles. The van der Waals surface area contributed by atoms with E-state index in [9.17, 15) is 30.4 Å². The maximum Gasteiger partial charge on any atom is 1.00 e. The molecule has 26 heavy (non-hydrogen) atoms. The molecule has 12 heteroatoms. The van der Waals surface area contributed by atoms with Crippen LogP contribution >= 0.6 is 0 Å². The smallest absolute Gasteiger partial charge is 0.870 e. The van der Waals surface area contributed by atoms with Gasteiger partial charge in [0.1, 0.15) is 11.5 Å². The first-order valence-corrected chi connectivity index (χ1v) is 6.29. The first-order chi connectivity index (χ1) is 11.3. The van der Waals surface area contributed by atoms with Gasteiger partial charge in [0.2, 0.25) is 0 Å². The zero-order valence-corrected chi connectivity index (χ0v) is 18.6. The van der Waals surface area contributed by atoms with E-state index >= 15 is 0 Å². The van der Waals surface area contributed by atoms with Gasteiger partial charge in [-0.3, -0.25) is 20.2 Å². The fraction of sp³-hybridized carbons (Fsp3) is 0.143. The monoisotopic (exact) mass is 382 g/mol. The van der Waals surface area contributed by atoms with Gasteiger partial charge < -0.3 is 19.7 Å². The number of nitro groups is 2. The maximum atomic E-state index is 10.9. The van der Waals surface area contributed by atoms with Gasteiger partial charge in [-0.1, -0.05) is 11.5 Å². The van der Waals surface area contributed by atoms with Gasteiger partial charge in [0.15, 0.2) is 0 Å². The predicted octanol–water partition coefficient (Wildman–Crippen LogP) is -4.64. The number of hydrogen-bond donors (Lipinski definition) is 0. The van der Waals surface area contributed by atoms with Gasteiger partial charge in [-0.05, 0) is 12.1 Å². The molecule has 0 N–H and O–H groups in total. The Morgan fingerprint density at radius 3 is 1.23 bits per heavy atom. The van der Waals surface area contributed by atoms with Gasteiger partial charge >= 0.3 is 59.1 Å². The first-order valence-electron chi connectivity index (χ1n) is 6.29. The predicted molar refractivity (Wildman–Crippen MR) is 78.2 cm³/mol. The van der Waals surface area contributed by atoms with Gasteiger partial charge in [-0.15, -0.1) is 0 Å². The second kappa shape index (κ2) is 12.7. The Balaban J connectivity index is 0. The van der Waals surface area contributed by atoms with Crippen molar-refractivity contribution >= 4 is 11.4 Å². The molecular weight excluding hydrogens is 370 g/mol. The zero-order chi connectivity index (χ0) is 18.3. The number of rotatable bonds is 4. The van der Waals surface area contributed by atoms with Crippen molar-refractivity contribution in [1.82, 2.24) is 0 Å². The molecule has 0 fully saturated rings.